The summed E-state index contributed by atoms with van der Waals surface area (Å²) in [6, 6.07) is 66.0. The predicted octanol–water partition coefficient (Wildman–Crippen LogP) is 13.3. The Hall–Kier alpha value is -8.02. The van der Waals surface area contributed by atoms with Gasteiger partial charge in [0.15, 0.2) is 5.84 Å². The fourth-order valence-electron chi connectivity index (χ4n) is 8.99. The van der Waals surface area contributed by atoms with Gasteiger partial charge in [-0.15, -0.1) is 0 Å². The van der Waals surface area contributed by atoms with Crippen LogP contribution in [0.3, 0.4) is 0 Å². The Morgan fingerprint density at radius 2 is 1.16 bits per heavy atom. The first-order chi connectivity index (χ1) is 30.1. The van der Waals surface area contributed by atoms with Crippen LogP contribution in [0.15, 0.2) is 211 Å². The van der Waals surface area contributed by atoms with Crippen LogP contribution in [0.4, 0.5) is 0 Å². The zero-order valence-corrected chi connectivity index (χ0v) is 33.5. The van der Waals surface area contributed by atoms with Crippen molar-refractivity contribution in [2.45, 2.75) is 12.8 Å². The van der Waals surface area contributed by atoms with E-state index in [4.69, 9.17) is 15.7 Å². The van der Waals surface area contributed by atoms with Gasteiger partial charge >= 0.3 is 0 Å². The van der Waals surface area contributed by atoms with E-state index in [9.17, 15) is 0 Å². The van der Waals surface area contributed by atoms with Crippen molar-refractivity contribution in [2.75, 3.05) is 0 Å². The molecule has 0 radical (unpaired) electrons. The van der Waals surface area contributed by atoms with E-state index in [0.717, 1.165) is 51.8 Å². The van der Waals surface area contributed by atoms with Crippen LogP contribution in [0.1, 0.15) is 34.4 Å². The van der Waals surface area contributed by atoms with Gasteiger partial charge in [0.25, 0.3) is 0 Å². The smallest absolute Gasteiger partial charge is 0.162 e. The van der Waals surface area contributed by atoms with E-state index in [1.807, 2.05) is 72.8 Å². The van der Waals surface area contributed by atoms with Gasteiger partial charge in [-0.05, 0) is 88.8 Å². The second-order valence-electron chi connectivity index (χ2n) is 15.6. The van der Waals surface area contributed by atoms with Crippen molar-refractivity contribution in [3.05, 3.63) is 229 Å². The second-order valence-corrected chi connectivity index (χ2v) is 15.6. The fraction of sp³-hybridized carbons (Fsp3) is 0.0357. The first-order valence-corrected chi connectivity index (χ1v) is 20.8. The predicted molar refractivity (Wildman–Crippen MR) is 257 cm³/mol. The van der Waals surface area contributed by atoms with Gasteiger partial charge in [0.2, 0.25) is 0 Å². The van der Waals surface area contributed by atoms with E-state index >= 15 is 0 Å². The summed E-state index contributed by atoms with van der Waals surface area (Å²) in [6.07, 6.45) is 6.67. The second kappa shape index (κ2) is 15.0. The largest absolute Gasteiger partial charge is 0.383 e. The van der Waals surface area contributed by atoms with Crippen LogP contribution in [0.2, 0.25) is 0 Å². The Morgan fingerprint density at radius 3 is 2.02 bits per heavy atom. The van der Waals surface area contributed by atoms with Crippen LogP contribution in [-0.2, 0) is 6.42 Å². The number of para-hydroxylation sites is 1. The molecule has 0 aliphatic heterocycles. The summed E-state index contributed by atoms with van der Waals surface area (Å²) in [6.45, 7) is 4.26. The molecule has 0 atom stereocenters. The highest BCUT2D eigenvalue weighted by Crippen LogP contribution is 2.39. The minimum atomic E-state index is 0.369. The Labute approximate surface area is 354 Å². The molecule has 0 saturated heterocycles. The lowest BCUT2D eigenvalue weighted by molar-refractivity contribution is 0.889. The average molecular weight is 784 g/mol. The highest BCUT2D eigenvalue weighted by molar-refractivity contribution is 6.13. The van der Waals surface area contributed by atoms with E-state index in [1.165, 1.54) is 55.0 Å². The number of hydrogen-bond donors (Lipinski definition) is 1. The normalized spacial score (nSPS) is 13.0. The van der Waals surface area contributed by atoms with E-state index in [2.05, 4.69) is 143 Å². The minimum absolute atomic E-state index is 0.369. The van der Waals surface area contributed by atoms with Crippen molar-refractivity contribution in [1.29, 1.82) is 0 Å². The van der Waals surface area contributed by atoms with Gasteiger partial charge in [-0.1, -0.05) is 158 Å². The molecule has 11 rings (SSSR count). The van der Waals surface area contributed by atoms with Crippen LogP contribution in [0.25, 0.3) is 77.8 Å². The minimum Gasteiger partial charge on any atom is -0.383 e. The third kappa shape index (κ3) is 6.44. The molecule has 2 N–H and O–H groups in total. The molecule has 1 aliphatic rings. The summed E-state index contributed by atoms with van der Waals surface area (Å²) in [4.78, 5) is 9.83. The highest BCUT2D eigenvalue weighted by atomic mass is 15.0. The average Bonchev–Trinajstić information content (AvgIpc) is 3.84. The molecule has 0 unspecified atom stereocenters. The number of aliphatic imine (C=N–C) groups is 2. The SMILES string of the molecule is C=C(N=C(N=C(N)c1cccc(-n2c3ccccc3c3ccc(-c4ccc5c(c4)c4c(n5-c5ccc6ccccc6c5)CCC=C4)cc32)c1)c1ccccc1)c1ccccc1. The highest BCUT2D eigenvalue weighted by Gasteiger charge is 2.20. The number of benzene rings is 8. The summed E-state index contributed by atoms with van der Waals surface area (Å²) >= 11 is 0. The standard InChI is InChI=1S/C56H41N5/c1-37(38-15-4-2-5-16-38)58-56(40-18-6-3-7-19-40)59-55(57)44-21-14-22-45(34-44)61-51-25-12-10-23-47(51)49-31-28-43(36-54(49)61)42-29-32-53-50(35-42)48-24-11-13-26-52(48)60(53)46-30-27-39-17-8-9-20-41(39)33-46/h2-12,14-25,27-36H,1,13,26H2,(H2,57,58,59). The molecule has 0 fully saturated rings. The lowest BCUT2D eigenvalue weighted by Crippen LogP contribution is -2.17. The van der Waals surface area contributed by atoms with Gasteiger partial charge in [0.05, 0.1) is 22.2 Å². The molecule has 0 bridgehead atoms. The van der Waals surface area contributed by atoms with Crippen molar-refractivity contribution in [3.63, 3.8) is 0 Å². The maximum absolute atomic E-state index is 6.88. The van der Waals surface area contributed by atoms with E-state index in [0.29, 0.717) is 17.4 Å². The number of nitrogens with zero attached hydrogens (tertiary/aromatic N) is 4. The van der Waals surface area contributed by atoms with Crippen molar-refractivity contribution in [1.82, 2.24) is 9.13 Å². The fourth-order valence-corrected chi connectivity index (χ4v) is 8.99. The molecule has 5 heteroatoms. The van der Waals surface area contributed by atoms with Crippen molar-refractivity contribution in [2.24, 2.45) is 15.7 Å². The Kier molecular flexibility index (Phi) is 8.86. The van der Waals surface area contributed by atoms with Gasteiger partial charge in [-0.25, -0.2) is 9.98 Å². The molecule has 0 amide bonds. The lowest BCUT2D eigenvalue weighted by Gasteiger charge is -2.14. The van der Waals surface area contributed by atoms with Gasteiger partial charge in [0.1, 0.15) is 5.84 Å². The Morgan fingerprint density at radius 1 is 0.492 bits per heavy atom. The number of rotatable bonds is 7. The third-order valence-corrected chi connectivity index (χ3v) is 11.9. The van der Waals surface area contributed by atoms with Crippen molar-refractivity contribution < 1.29 is 0 Å². The zero-order valence-electron chi connectivity index (χ0n) is 33.5. The van der Waals surface area contributed by atoms with Gasteiger partial charge in [-0.2, -0.15) is 0 Å². The van der Waals surface area contributed by atoms with Crippen LogP contribution < -0.4 is 5.73 Å². The van der Waals surface area contributed by atoms with Crippen LogP contribution in [0.5, 0.6) is 0 Å². The van der Waals surface area contributed by atoms with Gasteiger partial charge in [-0.3, -0.25) is 0 Å². The van der Waals surface area contributed by atoms with E-state index in [1.54, 1.807) is 0 Å². The molecule has 10 aromatic rings. The number of aromatic nitrogens is 2. The van der Waals surface area contributed by atoms with Crippen LogP contribution in [0, 0.1) is 0 Å². The summed E-state index contributed by atoms with van der Waals surface area (Å²) in [5.41, 5.74) is 20.7. The number of fused-ring (bicyclic) bond motifs is 7. The monoisotopic (exact) mass is 783 g/mol. The molecule has 0 saturated carbocycles. The number of nitrogens with two attached hydrogens (primary N) is 1. The summed E-state index contributed by atoms with van der Waals surface area (Å²) in [5, 5.41) is 6.15. The molecular formula is C56H41N5. The van der Waals surface area contributed by atoms with Crippen LogP contribution in [-0.4, -0.2) is 20.8 Å². The van der Waals surface area contributed by atoms with Gasteiger partial charge in [0, 0.05) is 49.9 Å². The molecule has 5 nitrogen and oxygen atoms in total. The maximum atomic E-state index is 6.88. The number of hydrogen-bond acceptors (Lipinski definition) is 1. The molecule has 61 heavy (non-hydrogen) atoms. The molecule has 290 valence electrons. The zero-order chi connectivity index (χ0) is 40.9. The summed E-state index contributed by atoms with van der Waals surface area (Å²) in [5.74, 6) is 0.869. The molecular weight excluding hydrogens is 743 g/mol. The lowest BCUT2D eigenvalue weighted by atomic mass is 9.98. The molecule has 2 heterocycles. The summed E-state index contributed by atoms with van der Waals surface area (Å²) < 4.78 is 4.81. The summed E-state index contributed by atoms with van der Waals surface area (Å²) in [7, 11) is 0. The maximum Gasteiger partial charge on any atom is 0.162 e. The number of allylic oxidation sites excluding steroid dienone is 1. The van der Waals surface area contributed by atoms with Crippen molar-refractivity contribution in [3.8, 4) is 22.5 Å². The molecule has 8 aromatic carbocycles. The number of amidine groups is 2. The van der Waals surface area contributed by atoms with Crippen LogP contribution >= 0.6 is 0 Å². The molecule has 0 spiro atoms. The quantitative estimate of drug-likeness (QED) is 0.127. The Balaban J connectivity index is 1.02. The molecule has 1 aliphatic carbocycles. The molecule has 2 aromatic heterocycles. The third-order valence-electron chi connectivity index (χ3n) is 11.9. The Bertz CT molecular complexity index is 3430. The van der Waals surface area contributed by atoms with Crippen molar-refractivity contribution >= 4 is 66.9 Å². The topological polar surface area (TPSA) is 60.6 Å². The first-order valence-electron chi connectivity index (χ1n) is 20.8. The first kappa shape index (κ1) is 36.1. The van der Waals surface area contributed by atoms with Gasteiger partial charge < -0.3 is 14.9 Å². The van der Waals surface area contributed by atoms with E-state index in [-0.39, 0.29) is 0 Å². The van der Waals surface area contributed by atoms with E-state index < -0.39 is 0 Å².